The predicted octanol–water partition coefficient (Wildman–Crippen LogP) is 3.50. The maximum atomic E-state index is 12.6. The van der Waals surface area contributed by atoms with E-state index in [1.807, 2.05) is 4.90 Å². The molecule has 1 amide bonds. The molecule has 1 aliphatic rings. The molecule has 1 aliphatic carbocycles. The van der Waals surface area contributed by atoms with Crippen molar-refractivity contribution in [1.82, 2.24) is 15.1 Å². The van der Waals surface area contributed by atoms with Crippen LogP contribution in [0.3, 0.4) is 0 Å². The average Bonchev–Trinajstić information content (AvgIpc) is 3.44. The van der Waals surface area contributed by atoms with Crippen molar-refractivity contribution in [3.63, 3.8) is 0 Å². The van der Waals surface area contributed by atoms with Gasteiger partial charge in [-0.1, -0.05) is 18.7 Å². The van der Waals surface area contributed by atoms with E-state index < -0.39 is 0 Å². The van der Waals surface area contributed by atoms with E-state index in [0.29, 0.717) is 39.8 Å². The summed E-state index contributed by atoms with van der Waals surface area (Å²) in [5.74, 6) is 2.87. The molecule has 0 saturated heterocycles. The van der Waals surface area contributed by atoms with Gasteiger partial charge in [-0.2, -0.15) is 0 Å². The highest BCUT2D eigenvalue weighted by molar-refractivity contribution is 7.99. The Morgan fingerprint density at radius 3 is 2.41 bits per heavy atom. The second-order valence-corrected chi connectivity index (χ2v) is 7.79. The third kappa shape index (κ3) is 5.35. The number of rotatable bonds is 11. The van der Waals surface area contributed by atoms with Crippen LogP contribution >= 0.6 is 11.8 Å². The Hall–Kier alpha value is -2.42. The molecule has 0 atom stereocenters. The molecule has 0 aliphatic heterocycles. The lowest BCUT2D eigenvalue weighted by Gasteiger charge is -2.21. The van der Waals surface area contributed by atoms with Crippen LogP contribution in [0.5, 0.6) is 17.2 Å². The van der Waals surface area contributed by atoms with E-state index in [1.165, 1.54) is 24.6 Å². The molecule has 1 aromatic carbocycles. The lowest BCUT2D eigenvalue weighted by Crippen LogP contribution is -2.34. The van der Waals surface area contributed by atoms with Crippen LogP contribution in [0.15, 0.2) is 21.8 Å². The molecule has 0 unspecified atom stereocenters. The minimum Gasteiger partial charge on any atom is -0.493 e. The summed E-state index contributed by atoms with van der Waals surface area (Å²) < 4.78 is 21.8. The van der Waals surface area contributed by atoms with Gasteiger partial charge in [-0.05, 0) is 37.3 Å². The Bertz CT molecular complexity index is 812. The highest BCUT2D eigenvalue weighted by Gasteiger charge is 2.26. The number of hydrogen-bond donors (Lipinski definition) is 0. The Morgan fingerprint density at radius 2 is 1.86 bits per heavy atom. The summed E-state index contributed by atoms with van der Waals surface area (Å²) in [4.78, 5) is 14.5. The summed E-state index contributed by atoms with van der Waals surface area (Å²) in [7, 11) is 4.64. The van der Waals surface area contributed by atoms with Gasteiger partial charge in [-0.15, -0.1) is 10.2 Å². The van der Waals surface area contributed by atoms with Crippen molar-refractivity contribution in [3.05, 3.63) is 12.1 Å². The lowest BCUT2D eigenvalue weighted by atomic mass is 10.2. The van der Waals surface area contributed by atoms with Crippen molar-refractivity contribution in [3.8, 4) is 28.7 Å². The molecule has 0 radical (unpaired) electrons. The molecule has 9 heteroatoms. The van der Waals surface area contributed by atoms with E-state index in [9.17, 15) is 4.79 Å². The summed E-state index contributed by atoms with van der Waals surface area (Å²) >= 11 is 1.25. The molecule has 1 aromatic heterocycles. The number of ether oxygens (including phenoxy) is 3. The fourth-order valence-electron chi connectivity index (χ4n) is 3.00. The first-order chi connectivity index (χ1) is 14.1. The standard InChI is InChI=1S/C20H27N3O5S/c1-5-8-23(11-13-6-7-13)17(24)12-29-20-22-21-19(28-20)14-9-15(25-2)18(27-4)16(10-14)26-3/h9-10,13H,5-8,11-12H2,1-4H3. The first-order valence-corrected chi connectivity index (χ1v) is 10.6. The zero-order valence-corrected chi connectivity index (χ0v) is 18.1. The monoisotopic (exact) mass is 421 g/mol. The summed E-state index contributed by atoms with van der Waals surface area (Å²) in [6.07, 6.45) is 3.40. The molecule has 1 saturated carbocycles. The van der Waals surface area contributed by atoms with E-state index in [4.69, 9.17) is 18.6 Å². The number of nitrogens with zero attached hydrogens (tertiary/aromatic N) is 3. The predicted molar refractivity (Wildman–Crippen MR) is 110 cm³/mol. The largest absolute Gasteiger partial charge is 0.493 e. The number of aromatic nitrogens is 2. The van der Waals surface area contributed by atoms with Gasteiger partial charge in [0.25, 0.3) is 5.22 Å². The van der Waals surface area contributed by atoms with Crippen molar-refractivity contribution in [2.24, 2.45) is 5.92 Å². The fraction of sp³-hybridized carbons (Fsp3) is 0.550. The number of methoxy groups -OCH3 is 3. The maximum absolute atomic E-state index is 12.6. The molecule has 0 bridgehead atoms. The van der Waals surface area contributed by atoms with Gasteiger partial charge in [0.1, 0.15) is 0 Å². The third-order valence-electron chi connectivity index (χ3n) is 4.66. The fourth-order valence-corrected chi connectivity index (χ4v) is 3.67. The summed E-state index contributed by atoms with van der Waals surface area (Å²) in [5.41, 5.74) is 0.645. The van der Waals surface area contributed by atoms with Gasteiger partial charge in [0.15, 0.2) is 11.5 Å². The molecule has 1 heterocycles. The van der Waals surface area contributed by atoms with Gasteiger partial charge in [0, 0.05) is 18.7 Å². The van der Waals surface area contributed by atoms with Crippen LogP contribution in [-0.2, 0) is 4.79 Å². The first kappa shape index (κ1) is 21.3. The van der Waals surface area contributed by atoms with Crippen molar-refractivity contribution in [1.29, 1.82) is 0 Å². The van der Waals surface area contributed by atoms with Crippen LogP contribution in [0, 0.1) is 5.92 Å². The van der Waals surface area contributed by atoms with Crippen LogP contribution in [0.4, 0.5) is 0 Å². The van der Waals surface area contributed by atoms with Crippen molar-refractivity contribution >= 4 is 17.7 Å². The van der Waals surface area contributed by atoms with Gasteiger partial charge in [-0.25, -0.2) is 0 Å². The van der Waals surface area contributed by atoms with E-state index >= 15 is 0 Å². The number of carbonyl (C=O) groups is 1. The molecule has 0 spiro atoms. The van der Waals surface area contributed by atoms with Gasteiger partial charge in [-0.3, -0.25) is 4.79 Å². The molecule has 0 N–H and O–H groups in total. The highest BCUT2D eigenvalue weighted by atomic mass is 32.2. The Labute approximate surface area is 174 Å². The highest BCUT2D eigenvalue weighted by Crippen LogP contribution is 2.41. The number of hydrogen-bond acceptors (Lipinski definition) is 8. The Kier molecular flexibility index (Phi) is 7.24. The molecule has 3 rings (SSSR count). The zero-order valence-electron chi connectivity index (χ0n) is 17.3. The topological polar surface area (TPSA) is 86.9 Å². The molecular formula is C20H27N3O5S. The SMILES string of the molecule is CCCN(CC1CC1)C(=O)CSc1nnc(-c2cc(OC)c(OC)c(OC)c2)o1. The van der Waals surface area contributed by atoms with Crippen LogP contribution < -0.4 is 14.2 Å². The molecule has 1 fully saturated rings. The molecule has 29 heavy (non-hydrogen) atoms. The van der Waals surface area contributed by atoms with Crippen molar-refractivity contribution in [2.75, 3.05) is 40.2 Å². The van der Waals surface area contributed by atoms with Crippen molar-refractivity contribution < 1.29 is 23.4 Å². The first-order valence-electron chi connectivity index (χ1n) is 9.64. The van der Waals surface area contributed by atoms with Crippen molar-refractivity contribution in [2.45, 2.75) is 31.4 Å². The van der Waals surface area contributed by atoms with Crippen LogP contribution in [-0.4, -0.2) is 61.2 Å². The average molecular weight is 422 g/mol. The zero-order chi connectivity index (χ0) is 20.8. The van der Waals surface area contributed by atoms with E-state index in [1.54, 1.807) is 33.5 Å². The minimum atomic E-state index is 0.108. The van der Waals surface area contributed by atoms with Gasteiger partial charge in [0.05, 0.1) is 27.1 Å². The quantitative estimate of drug-likeness (QED) is 0.510. The molecule has 2 aromatic rings. The summed E-state index contributed by atoms with van der Waals surface area (Å²) in [6.45, 7) is 3.73. The summed E-state index contributed by atoms with van der Waals surface area (Å²) in [5, 5.41) is 8.51. The number of carbonyl (C=O) groups excluding carboxylic acids is 1. The smallest absolute Gasteiger partial charge is 0.277 e. The maximum Gasteiger partial charge on any atom is 0.277 e. The Balaban J connectivity index is 1.68. The lowest BCUT2D eigenvalue weighted by molar-refractivity contribution is -0.128. The Morgan fingerprint density at radius 1 is 1.17 bits per heavy atom. The van der Waals surface area contributed by atoms with Crippen LogP contribution in [0.1, 0.15) is 26.2 Å². The molecule has 158 valence electrons. The number of benzene rings is 1. The number of amides is 1. The molecule has 8 nitrogen and oxygen atoms in total. The van der Waals surface area contributed by atoms with Gasteiger partial charge in [0.2, 0.25) is 17.5 Å². The van der Waals surface area contributed by atoms with Crippen LogP contribution in [0.2, 0.25) is 0 Å². The normalized spacial score (nSPS) is 13.2. The minimum absolute atomic E-state index is 0.108. The van der Waals surface area contributed by atoms with E-state index in [2.05, 4.69) is 17.1 Å². The van der Waals surface area contributed by atoms with E-state index in [0.717, 1.165) is 19.5 Å². The van der Waals surface area contributed by atoms with Gasteiger partial charge < -0.3 is 23.5 Å². The van der Waals surface area contributed by atoms with Crippen LogP contribution in [0.25, 0.3) is 11.5 Å². The second-order valence-electron chi connectivity index (χ2n) is 6.86. The molecular weight excluding hydrogens is 394 g/mol. The number of thioether (sulfide) groups is 1. The summed E-state index contributed by atoms with van der Waals surface area (Å²) in [6, 6.07) is 3.49. The second kappa shape index (κ2) is 9.87. The van der Waals surface area contributed by atoms with E-state index in [-0.39, 0.29) is 11.7 Å². The van der Waals surface area contributed by atoms with Gasteiger partial charge >= 0.3 is 0 Å². The third-order valence-corrected chi connectivity index (χ3v) is 5.46.